The van der Waals surface area contributed by atoms with E-state index in [1.54, 1.807) is 0 Å². The topological polar surface area (TPSA) is 15.7 Å². The number of ether oxygens (including phenoxy) is 1. The van der Waals surface area contributed by atoms with Crippen molar-refractivity contribution in [2.45, 2.75) is 18.4 Å². The van der Waals surface area contributed by atoms with Gasteiger partial charge in [0.05, 0.1) is 12.2 Å². The van der Waals surface area contributed by atoms with Gasteiger partial charge in [-0.05, 0) is 73.3 Å². The van der Waals surface area contributed by atoms with Gasteiger partial charge < -0.3 is 14.5 Å². The highest BCUT2D eigenvalue weighted by atomic mass is 127. The Hall–Kier alpha value is -0.330. The Morgan fingerprint density at radius 3 is 2.68 bits per heavy atom. The molecule has 1 spiro atoms. The summed E-state index contributed by atoms with van der Waals surface area (Å²) in [5.74, 6) is 0. The summed E-state index contributed by atoms with van der Waals surface area (Å²) >= 11 is 2.36. The molecule has 0 aliphatic carbocycles. The Morgan fingerprint density at radius 2 is 1.95 bits per heavy atom. The lowest BCUT2D eigenvalue weighted by Gasteiger charge is -2.48. The van der Waals surface area contributed by atoms with Crippen LogP contribution in [-0.2, 0) is 4.74 Å². The van der Waals surface area contributed by atoms with E-state index in [0.29, 0.717) is 0 Å². The number of nitrogens with zero attached hydrogens (tertiary/aromatic N) is 2. The highest BCUT2D eigenvalue weighted by molar-refractivity contribution is 14.1. The van der Waals surface area contributed by atoms with Crippen molar-refractivity contribution in [3.05, 3.63) is 27.8 Å². The van der Waals surface area contributed by atoms with Crippen LogP contribution in [0, 0.1) is 3.57 Å². The quantitative estimate of drug-likeness (QED) is 0.705. The van der Waals surface area contributed by atoms with E-state index in [-0.39, 0.29) is 5.60 Å². The lowest BCUT2D eigenvalue weighted by atomic mass is 9.91. The number of anilines is 1. The zero-order valence-electron chi connectivity index (χ0n) is 11.4. The van der Waals surface area contributed by atoms with Crippen LogP contribution in [0.15, 0.2) is 24.3 Å². The number of likely N-dealkylation sites (tertiary alicyclic amines) is 1. The summed E-state index contributed by atoms with van der Waals surface area (Å²) in [6, 6.07) is 8.83. The minimum absolute atomic E-state index is 0.0498. The minimum atomic E-state index is 0.0498. The van der Waals surface area contributed by atoms with E-state index in [4.69, 9.17) is 4.74 Å². The Balaban J connectivity index is 1.75. The van der Waals surface area contributed by atoms with Crippen LogP contribution in [0.1, 0.15) is 12.8 Å². The molecule has 0 saturated carbocycles. The summed E-state index contributed by atoms with van der Waals surface area (Å²) in [6.07, 6.45) is 2.44. The zero-order chi connectivity index (χ0) is 13.3. The van der Waals surface area contributed by atoms with Gasteiger partial charge in [-0.2, -0.15) is 0 Å². The van der Waals surface area contributed by atoms with Gasteiger partial charge in [0, 0.05) is 28.9 Å². The van der Waals surface area contributed by atoms with Crippen LogP contribution in [0.5, 0.6) is 0 Å². The molecular weight excluding hydrogens is 351 g/mol. The van der Waals surface area contributed by atoms with E-state index in [0.717, 1.165) is 26.2 Å². The summed E-state index contributed by atoms with van der Waals surface area (Å²) in [6.45, 7) is 5.15. The first-order valence-corrected chi connectivity index (χ1v) is 8.08. The summed E-state index contributed by atoms with van der Waals surface area (Å²) in [5, 5.41) is 0. The molecule has 4 heteroatoms. The Morgan fingerprint density at radius 1 is 1.16 bits per heavy atom. The van der Waals surface area contributed by atoms with Gasteiger partial charge in [0.1, 0.15) is 0 Å². The van der Waals surface area contributed by atoms with E-state index < -0.39 is 0 Å². The normalized spacial score (nSPS) is 28.8. The van der Waals surface area contributed by atoms with E-state index >= 15 is 0 Å². The average molecular weight is 372 g/mol. The van der Waals surface area contributed by atoms with E-state index in [1.807, 2.05) is 0 Å². The third-order valence-electron chi connectivity index (χ3n) is 4.17. The Kier molecular flexibility index (Phi) is 4.01. The first-order chi connectivity index (χ1) is 9.17. The first-order valence-electron chi connectivity index (χ1n) is 7.00. The summed E-state index contributed by atoms with van der Waals surface area (Å²) in [4.78, 5) is 4.89. The van der Waals surface area contributed by atoms with Gasteiger partial charge in [0.2, 0.25) is 0 Å². The number of benzene rings is 1. The van der Waals surface area contributed by atoms with Gasteiger partial charge in [0.25, 0.3) is 0 Å². The second-order valence-electron chi connectivity index (χ2n) is 5.77. The molecule has 1 atom stereocenters. The van der Waals surface area contributed by atoms with Crippen LogP contribution >= 0.6 is 22.6 Å². The van der Waals surface area contributed by atoms with Crippen molar-refractivity contribution in [3.63, 3.8) is 0 Å². The molecule has 1 unspecified atom stereocenters. The lowest BCUT2D eigenvalue weighted by Crippen LogP contribution is -2.59. The maximum absolute atomic E-state index is 6.17. The molecule has 0 aromatic heterocycles. The van der Waals surface area contributed by atoms with E-state index in [1.165, 1.54) is 28.6 Å². The SMILES string of the molecule is CN1CCCC2(C1)CN(c1ccc(I)cc1)CCO2. The second kappa shape index (κ2) is 5.58. The lowest BCUT2D eigenvalue weighted by molar-refractivity contribution is -0.0926. The molecule has 0 bridgehead atoms. The maximum atomic E-state index is 6.17. The molecule has 0 N–H and O–H groups in total. The Labute approximate surface area is 129 Å². The molecule has 3 rings (SSSR count). The Bertz CT molecular complexity index is 432. The molecule has 3 nitrogen and oxygen atoms in total. The zero-order valence-corrected chi connectivity index (χ0v) is 13.6. The van der Waals surface area contributed by atoms with Gasteiger partial charge in [-0.1, -0.05) is 0 Å². The van der Waals surface area contributed by atoms with Crippen molar-refractivity contribution < 1.29 is 4.74 Å². The average Bonchev–Trinajstić information content (AvgIpc) is 2.39. The number of morpholine rings is 1. The van der Waals surface area contributed by atoms with Gasteiger partial charge in [-0.15, -0.1) is 0 Å². The van der Waals surface area contributed by atoms with Gasteiger partial charge in [-0.3, -0.25) is 0 Å². The summed E-state index contributed by atoms with van der Waals surface area (Å²) in [7, 11) is 2.20. The molecule has 1 aromatic carbocycles. The molecule has 2 fully saturated rings. The summed E-state index contributed by atoms with van der Waals surface area (Å²) in [5.41, 5.74) is 1.38. The number of halogens is 1. The van der Waals surface area contributed by atoms with Gasteiger partial charge in [0.15, 0.2) is 0 Å². The fourth-order valence-corrected chi connectivity index (χ4v) is 3.64. The number of piperidine rings is 1. The van der Waals surface area contributed by atoms with Crippen molar-refractivity contribution in [3.8, 4) is 0 Å². The fraction of sp³-hybridized carbons (Fsp3) is 0.600. The van der Waals surface area contributed by atoms with Crippen LogP contribution in [0.25, 0.3) is 0 Å². The molecule has 19 heavy (non-hydrogen) atoms. The predicted molar refractivity (Wildman–Crippen MR) is 86.8 cm³/mol. The maximum Gasteiger partial charge on any atom is 0.0983 e. The number of likely N-dealkylation sites (N-methyl/N-ethyl adjacent to an activating group) is 1. The third-order valence-corrected chi connectivity index (χ3v) is 4.89. The van der Waals surface area contributed by atoms with Crippen molar-refractivity contribution in [1.29, 1.82) is 0 Å². The van der Waals surface area contributed by atoms with Gasteiger partial charge >= 0.3 is 0 Å². The fourth-order valence-electron chi connectivity index (χ4n) is 3.29. The van der Waals surface area contributed by atoms with Crippen LogP contribution in [0.4, 0.5) is 5.69 Å². The highest BCUT2D eigenvalue weighted by Gasteiger charge is 2.39. The third kappa shape index (κ3) is 3.06. The molecular formula is C15H21IN2O. The number of hydrogen-bond acceptors (Lipinski definition) is 3. The number of hydrogen-bond donors (Lipinski definition) is 0. The largest absolute Gasteiger partial charge is 0.370 e. The molecule has 0 amide bonds. The van der Waals surface area contributed by atoms with Crippen molar-refractivity contribution in [2.75, 3.05) is 44.7 Å². The highest BCUT2D eigenvalue weighted by Crippen LogP contribution is 2.30. The molecule has 2 aliphatic rings. The van der Waals surface area contributed by atoms with Crippen LogP contribution in [-0.4, -0.2) is 50.3 Å². The van der Waals surface area contributed by atoms with Crippen molar-refractivity contribution >= 4 is 28.3 Å². The van der Waals surface area contributed by atoms with Crippen molar-refractivity contribution in [1.82, 2.24) is 4.90 Å². The van der Waals surface area contributed by atoms with Crippen LogP contribution in [0.2, 0.25) is 0 Å². The molecule has 0 radical (unpaired) electrons. The predicted octanol–water partition coefficient (Wildman–Crippen LogP) is 2.59. The second-order valence-corrected chi connectivity index (χ2v) is 7.02. The van der Waals surface area contributed by atoms with Crippen LogP contribution < -0.4 is 4.90 Å². The molecule has 1 aromatic rings. The van der Waals surface area contributed by atoms with Crippen LogP contribution in [0.3, 0.4) is 0 Å². The monoisotopic (exact) mass is 372 g/mol. The van der Waals surface area contributed by atoms with E-state index in [9.17, 15) is 0 Å². The molecule has 2 saturated heterocycles. The standard InChI is InChI=1S/C15H21IN2O/c1-17-8-2-7-15(11-17)12-18(9-10-19-15)14-5-3-13(16)4-6-14/h3-6H,2,7-12H2,1H3. The molecule has 2 heterocycles. The first kappa shape index (κ1) is 13.6. The molecule has 2 aliphatic heterocycles. The summed E-state index contributed by atoms with van der Waals surface area (Å²) < 4.78 is 7.46. The van der Waals surface area contributed by atoms with Crippen molar-refractivity contribution in [2.24, 2.45) is 0 Å². The number of rotatable bonds is 1. The minimum Gasteiger partial charge on any atom is -0.370 e. The molecule has 104 valence electrons. The van der Waals surface area contributed by atoms with E-state index in [2.05, 4.69) is 63.7 Å². The van der Waals surface area contributed by atoms with Gasteiger partial charge in [-0.25, -0.2) is 0 Å². The smallest absolute Gasteiger partial charge is 0.0983 e.